The van der Waals surface area contributed by atoms with Crippen LogP contribution in [0.2, 0.25) is 0 Å². The summed E-state index contributed by atoms with van der Waals surface area (Å²) in [5.74, 6) is -1.54. The topological polar surface area (TPSA) is 154 Å². The zero-order chi connectivity index (χ0) is 51.3. The molecular weight excluding hydrogens is 1020 g/mol. The summed E-state index contributed by atoms with van der Waals surface area (Å²) in [6.45, 7) is 12.5. The molecule has 2 atom stereocenters. The lowest BCUT2D eigenvalue weighted by Gasteiger charge is -2.22. The number of esters is 1. The number of alkyl halides is 7. The zero-order valence-corrected chi connectivity index (χ0v) is 40.3. The highest BCUT2D eigenvalue weighted by Gasteiger charge is 2.33. The number of halogens is 7. The molecule has 19 heteroatoms. The third-order valence-electron chi connectivity index (χ3n) is 10.6. The van der Waals surface area contributed by atoms with Crippen LogP contribution in [0.5, 0.6) is 11.5 Å². The van der Waals surface area contributed by atoms with E-state index in [2.05, 4.69) is 61.8 Å². The lowest BCUT2D eigenvalue weighted by Crippen LogP contribution is -2.20. The minimum absolute atomic E-state index is 0. The molecule has 2 aromatic heterocycles. The molecule has 0 saturated heterocycles. The number of phenols is 1. The molecule has 0 amide bonds. The summed E-state index contributed by atoms with van der Waals surface area (Å²) in [6, 6.07) is 33.9. The van der Waals surface area contributed by atoms with Crippen LogP contribution in [0.25, 0.3) is 33.4 Å². The van der Waals surface area contributed by atoms with E-state index in [1.54, 1.807) is 24.3 Å². The molecule has 2 N–H and O–H groups in total. The quantitative estimate of drug-likeness (QED) is 0.0854. The number of hydrogen-bond donors (Lipinski definition) is 2. The van der Waals surface area contributed by atoms with Crippen LogP contribution < -0.4 is 4.74 Å². The van der Waals surface area contributed by atoms with E-state index in [4.69, 9.17) is 4.74 Å². The Morgan fingerprint density at radius 1 is 0.548 bits per heavy atom. The molecule has 390 valence electrons. The number of ether oxygens (including phenoxy) is 2. The number of nitrogens with zero attached hydrogens (tertiary/aromatic N) is 6. The SMILES string of the molecule is C.C.C.CC(C)(C)c1ccc(O)c(-n2nc3ccccc3n2)c1.CC(C)(C)c1ccc(OC(C(=O)O)c2ccc(C(F)(F)F)cc2)c(-n2nc3ccccc3n2)c1.COC(=O)C(Br)c1ccc(C(F)(F)F)cc1. The van der Waals surface area contributed by atoms with E-state index in [0.29, 0.717) is 28.0 Å². The average molecular weight is 1080 g/mol. The van der Waals surface area contributed by atoms with Gasteiger partial charge in [-0.1, -0.05) is 140 Å². The van der Waals surface area contributed by atoms with Crippen LogP contribution in [0.3, 0.4) is 0 Å². The molecular formula is C54H59BrF6N6O6. The third kappa shape index (κ3) is 14.9. The molecule has 0 aliphatic heterocycles. The van der Waals surface area contributed by atoms with Crippen LogP contribution in [-0.4, -0.2) is 59.2 Å². The number of benzene rings is 6. The molecule has 12 nitrogen and oxygen atoms in total. The van der Waals surface area contributed by atoms with E-state index in [9.17, 15) is 46.1 Å². The van der Waals surface area contributed by atoms with Gasteiger partial charge in [-0.3, -0.25) is 4.79 Å². The number of carbonyl (C=O) groups is 2. The van der Waals surface area contributed by atoms with Gasteiger partial charge in [-0.2, -0.15) is 26.3 Å². The van der Waals surface area contributed by atoms with Crippen molar-refractivity contribution >= 4 is 49.9 Å². The van der Waals surface area contributed by atoms with Crippen molar-refractivity contribution in [2.75, 3.05) is 7.11 Å². The molecule has 6 aromatic carbocycles. The fourth-order valence-corrected chi connectivity index (χ4v) is 7.13. The minimum Gasteiger partial charge on any atom is -0.506 e. The lowest BCUT2D eigenvalue weighted by atomic mass is 9.87. The van der Waals surface area contributed by atoms with Crippen molar-refractivity contribution in [2.45, 2.75) is 97.9 Å². The van der Waals surface area contributed by atoms with E-state index in [-0.39, 0.29) is 50.2 Å². The maximum atomic E-state index is 12.9. The first kappa shape index (κ1) is 60.0. The third-order valence-corrected chi connectivity index (χ3v) is 11.5. The summed E-state index contributed by atoms with van der Waals surface area (Å²) < 4.78 is 85.8. The summed E-state index contributed by atoms with van der Waals surface area (Å²) in [5.41, 5.74) is 4.67. The molecule has 0 spiro atoms. The standard InChI is InChI=1S/C25H22F3N3O3.C16H17N3O.C10H8BrF3O2.3CH4/c1-24(2,3)17-12-13-21(20(14-17)31-29-18-6-4-5-7-19(18)30-31)34-22(23(32)33)15-8-10-16(11-9-15)25(26,27)28;1-16(2,3)11-8-9-15(20)14(10-11)19-17-12-6-4-5-7-13(12)18-19;1-16-9(15)8(11)6-2-4-7(5-3-6)10(12,13)14;;;/h4-14,22H,1-3H3,(H,32,33);4-10,20H,1-3H3;2-5,8H,1H3;3*1H4. The Morgan fingerprint density at radius 3 is 1.27 bits per heavy atom. The van der Waals surface area contributed by atoms with E-state index in [1.165, 1.54) is 28.8 Å². The lowest BCUT2D eigenvalue weighted by molar-refractivity contribution is -0.145. The number of fused-ring (bicyclic) bond motifs is 2. The number of carbonyl (C=O) groups excluding carboxylic acids is 1. The molecule has 0 bridgehead atoms. The number of rotatable bonds is 8. The summed E-state index contributed by atoms with van der Waals surface area (Å²) in [4.78, 5) is 25.2. The second kappa shape index (κ2) is 24.0. The Morgan fingerprint density at radius 2 is 0.904 bits per heavy atom. The molecule has 2 heterocycles. The molecule has 0 aliphatic rings. The number of aliphatic carboxylic acids is 1. The van der Waals surface area contributed by atoms with E-state index >= 15 is 0 Å². The summed E-state index contributed by atoms with van der Waals surface area (Å²) >= 11 is 3.03. The van der Waals surface area contributed by atoms with Crippen molar-refractivity contribution < 1.29 is 55.6 Å². The van der Waals surface area contributed by atoms with Gasteiger partial charge in [0, 0.05) is 5.56 Å². The van der Waals surface area contributed by atoms with Gasteiger partial charge < -0.3 is 19.7 Å². The van der Waals surface area contributed by atoms with Crippen molar-refractivity contribution in [1.82, 2.24) is 30.0 Å². The highest BCUT2D eigenvalue weighted by atomic mass is 79.9. The second-order valence-electron chi connectivity index (χ2n) is 17.8. The molecule has 8 aromatic rings. The molecule has 0 saturated carbocycles. The number of phenolic OH excluding ortho intramolecular Hbond substituents is 1. The number of hydrogen-bond acceptors (Lipinski definition) is 9. The molecule has 0 aliphatic carbocycles. The fourth-order valence-electron chi connectivity index (χ4n) is 6.64. The van der Waals surface area contributed by atoms with Gasteiger partial charge in [0.1, 0.15) is 49.8 Å². The largest absolute Gasteiger partial charge is 0.506 e. The van der Waals surface area contributed by atoms with Crippen molar-refractivity contribution in [3.05, 3.63) is 167 Å². The Labute approximate surface area is 428 Å². The van der Waals surface area contributed by atoms with Crippen LogP contribution in [0.1, 0.15) is 108 Å². The molecule has 0 fully saturated rings. The van der Waals surface area contributed by atoms with Crippen molar-refractivity contribution in [1.29, 1.82) is 0 Å². The van der Waals surface area contributed by atoms with Gasteiger partial charge >= 0.3 is 24.3 Å². The molecule has 0 radical (unpaired) electrons. The van der Waals surface area contributed by atoms with Crippen molar-refractivity contribution in [3.8, 4) is 22.9 Å². The number of aromatic nitrogens is 6. The summed E-state index contributed by atoms with van der Waals surface area (Å²) in [7, 11) is 1.21. The van der Waals surface area contributed by atoms with Gasteiger partial charge in [0.25, 0.3) is 0 Å². The van der Waals surface area contributed by atoms with Crippen LogP contribution in [-0.2, 0) is 37.5 Å². The van der Waals surface area contributed by atoms with Crippen LogP contribution in [0.4, 0.5) is 26.3 Å². The van der Waals surface area contributed by atoms with Crippen molar-refractivity contribution in [3.63, 3.8) is 0 Å². The smallest absolute Gasteiger partial charge is 0.416 e. The highest BCUT2D eigenvalue weighted by molar-refractivity contribution is 9.09. The van der Waals surface area contributed by atoms with Crippen molar-refractivity contribution in [2.24, 2.45) is 0 Å². The van der Waals surface area contributed by atoms with Gasteiger partial charge in [0.2, 0.25) is 6.10 Å². The predicted molar refractivity (Wildman–Crippen MR) is 275 cm³/mol. The normalized spacial score (nSPS) is 12.3. The second-order valence-corrected chi connectivity index (χ2v) is 18.7. The van der Waals surface area contributed by atoms with E-state index in [1.807, 2.05) is 81.4 Å². The summed E-state index contributed by atoms with van der Waals surface area (Å²) in [6.07, 6.45) is -10.4. The van der Waals surface area contributed by atoms with Crippen LogP contribution >= 0.6 is 15.9 Å². The number of carboxylic acid groups (broad SMARTS) is 1. The summed E-state index contributed by atoms with van der Waals surface area (Å²) in [5, 5.41) is 37.7. The fraction of sp³-hybridized carbons (Fsp3) is 0.296. The number of methoxy groups -OCH3 is 1. The zero-order valence-electron chi connectivity index (χ0n) is 38.7. The first-order valence-corrected chi connectivity index (χ1v) is 22.2. The average Bonchev–Trinajstić information content (AvgIpc) is 3.95. The van der Waals surface area contributed by atoms with Gasteiger partial charge in [-0.05, 0) is 100 Å². The van der Waals surface area contributed by atoms with E-state index < -0.39 is 46.3 Å². The highest BCUT2D eigenvalue weighted by Crippen LogP contribution is 2.36. The Balaban J connectivity index is 0.000000308. The monoisotopic (exact) mass is 1080 g/mol. The van der Waals surface area contributed by atoms with Gasteiger partial charge in [-0.25, -0.2) is 4.79 Å². The maximum absolute atomic E-state index is 12.9. The molecule has 2 unspecified atom stereocenters. The number of aromatic hydroxyl groups is 1. The maximum Gasteiger partial charge on any atom is 0.416 e. The Hall–Kier alpha value is -7.28. The van der Waals surface area contributed by atoms with Gasteiger partial charge in [0.05, 0.1) is 18.2 Å². The molecule has 8 rings (SSSR count). The Bertz CT molecular complexity index is 3040. The first-order chi connectivity index (χ1) is 32.7. The first-order valence-electron chi connectivity index (χ1n) is 21.3. The Kier molecular flexibility index (Phi) is 19.7. The predicted octanol–water partition coefficient (Wildman–Crippen LogP) is 14.6. The minimum atomic E-state index is -4.53. The molecule has 73 heavy (non-hydrogen) atoms. The van der Waals surface area contributed by atoms with Crippen LogP contribution in [0, 0.1) is 0 Å². The van der Waals surface area contributed by atoms with Crippen LogP contribution in [0.15, 0.2) is 133 Å². The van der Waals surface area contributed by atoms with E-state index in [0.717, 1.165) is 58.6 Å². The van der Waals surface area contributed by atoms with Gasteiger partial charge in [0.15, 0.2) is 0 Å². The van der Waals surface area contributed by atoms with Gasteiger partial charge in [-0.15, -0.1) is 30.0 Å². The number of carboxylic acids is 1.